The van der Waals surface area contributed by atoms with Crippen LogP contribution in [-0.4, -0.2) is 37.5 Å². The molecule has 0 spiro atoms. The van der Waals surface area contributed by atoms with E-state index in [0.717, 1.165) is 19.3 Å². The minimum atomic E-state index is -4.36. The molecule has 1 unspecified atom stereocenters. The summed E-state index contributed by atoms with van der Waals surface area (Å²) in [4.78, 5) is 22.7. The monoisotopic (exact) mass is 386 g/mol. The maximum absolute atomic E-state index is 12.6. The van der Waals surface area contributed by atoms with Crippen LogP contribution in [0, 0.1) is 11.8 Å². The van der Waals surface area contributed by atoms with E-state index in [4.69, 9.17) is 4.74 Å². The van der Waals surface area contributed by atoms with Crippen LogP contribution in [0.1, 0.15) is 65.7 Å². The molecule has 0 bridgehead atoms. The van der Waals surface area contributed by atoms with E-state index < -0.39 is 30.9 Å². The predicted molar refractivity (Wildman–Crippen MR) is 89.2 cm³/mol. The maximum Gasteiger partial charge on any atom is 0.340 e. The number of ether oxygens (including phenoxy) is 2. The molecular formula is C18H30F4O4. The van der Waals surface area contributed by atoms with Crippen molar-refractivity contribution in [2.45, 2.75) is 78.1 Å². The molecule has 0 radical (unpaired) electrons. The molecule has 0 aromatic rings. The highest BCUT2D eigenvalue weighted by Gasteiger charge is 2.42. The van der Waals surface area contributed by atoms with Crippen LogP contribution in [-0.2, 0) is 19.1 Å². The number of carbonyl (C=O) groups is 2. The van der Waals surface area contributed by atoms with Crippen LogP contribution in [0.3, 0.4) is 0 Å². The van der Waals surface area contributed by atoms with Crippen molar-refractivity contribution in [1.82, 2.24) is 0 Å². The molecule has 154 valence electrons. The zero-order valence-electron chi connectivity index (χ0n) is 15.7. The summed E-state index contributed by atoms with van der Waals surface area (Å²) in [5.41, 5.74) is 0. The van der Waals surface area contributed by atoms with Gasteiger partial charge in [0.05, 0.1) is 6.61 Å². The molecule has 8 heteroatoms. The quantitative estimate of drug-likeness (QED) is 0.312. The first-order chi connectivity index (χ1) is 12.0. The molecule has 26 heavy (non-hydrogen) atoms. The van der Waals surface area contributed by atoms with Crippen molar-refractivity contribution >= 4 is 11.9 Å². The molecule has 0 saturated carbocycles. The van der Waals surface area contributed by atoms with Gasteiger partial charge in [0.15, 0.2) is 6.61 Å². The molecule has 0 aliphatic carbocycles. The van der Waals surface area contributed by atoms with Gasteiger partial charge >= 0.3 is 24.3 Å². The predicted octanol–water partition coefficient (Wildman–Crippen LogP) is 5.00. The third kappa shape index (κ3) is 12.9. The van der Waals surface area contributed by atoms with Gasteiger partial charge < -0.3 is 9.47 Å². The van der Waals surface area contributed by atoms with Gasteiger partial charge in [-0.15, -0.1) is 0 Å². The van der Waals surface area contributed by atoms with Gasteiger partial charge in [-0.3, -0.25) is 9.59 Å². The molecule has 0 amide bonds. The van der Waals surface area contributed by atoms with Crippen molar-refractivity contribution in [3.05, 3.63) is 0 Å². The molecule has 0 saturated heterocycles. The van der Waals surface area contributed by atoms with Crippen molar-refractivity contribution in [3.8, 4) is 0 Å². The van der Waals surface area contributed by atoms with Crippen LogP contribution in [0.25, 0.3) is 0 Å². The highest BCUT2D eigenvalue weighted by molar-refractivity contribution is 5.72. The van der Waals surface area contributed by atoms with Crippen molar-refractivity contribution in [3.63, 3.8) is 0 Å². The fourth-order valence-electron chi connectivity index (χ4n) is 2.15. The Morgan fingerprint density at radius 1 is 0.885 bits per heavy atom. The average Bonchev–Trinajstić information content (AvgIpc) is 2.52. The van der Waals surface area contributed by atoms with Crippen molar-refractivity contribution in [2.75, 3.05) is 13.2 Å². The summed E-state index contributed by atoms with van der Waals surface area (Å²) in [5.74, 6) is -4.76. The second kappa shape index (κ2) is 12.9. The summed E-state index contributed by atoms with van der Waals surface area (Å²) in [6, 6.07) is 0. The molecule has 0 aromatic carbocycles. The van der Waals surface area contributed by atoms with Crippen LogP contribution in [0.15, 0.2) is 0 Å². The summed E-state index contributed by atoms with van der Waals surface area (Å²) in [7, 11) is 0. The van der Waals surface area contributed by atoms with E-state index in [1.165, 1.54) is 6.42 Å². The lowest BCUT2D eigenvalue weighted by Gasteiger charge is -2.15. The third-order valence-electron chi connectivity index (χ3n) is 3.86. The normalized spacial score (nSPS) is 13.1. The summed E-state index contributed by atoms with van der Waals surface area (Å²) < 4.78 is 58.1. The Balaban J connectivity index is 3.72. The van der Waals surface area contributed by atoms with E-state index in [2.05, 4.69) is 25.5 Å². The van der Waals surface area contributed by atoms with Crippen LogP contribution >= 0.6 is 0 Å². The molecule has 0 rings (SSSR count). The third-order valence-corrected chi connectivity index (χ3v) is 3.86. The minimum absolute atomic E-state index is 0.0535. The first-order valence-electron chi connectivity index (χ1n) is 9.01. The largest absolute Gasteiger partial charge is 0.466 e. The second-order valence-corrected chi connectivity index (χ2v) is 7.02. The van der Waals surface area contributed by atoms with Gasteiger partial charge in [-0.1, -0.05) is 40.0 Å². The summed E-state index contributed by atoms with van der Waals surface area (Å²) >= 11 is 0. The van der Waals surface area contributed by atoms with Crippen molar-refractivity contribution in [1.29, 1.82) is 0 Å². The fraction of sp³-hybridized carbons (Fsp3) is 0.889. The first-order valence-corrected chi connectivity index (χ1v) is 9.01. The molecule has 0 N–H and O–H groups in total. The fourth-order valence-corrected chi connectivity index (χ4v) is 2.15. The van der Waals surface area contributed by atoms with Gasteiger partial charge in [-0.05, 0) is 24.7 Å². The van der Waals surface area contributed by atoms with Gasteiger partial charge in [0.25, 0.3) is 0 Å². The first kappa shape index (κ1) is 24.7. The number of rotatable bonds is 14. The Bertz CT molecular complexity index is 414. The molecule has 0 fully saturated rings. The van der Waals surface area contributed by atoms with Gasteiger partial charge in [0.1, 0.15) is 0 Å². The van der Waals surface area contributed by atoms with Crippen LogP contribution in [0.4, 0.5) is 17.6 Å². The molecule has 0 aliphatic heterocycles. The Hall–Kier alpha value is -1.34. The summed E-state index contributed by atoms with van der Waals surface area (Å²) in [6.07, 6.45) is -0.0511. The molecular weight excluding hydrogens is 356 g/mol. The molecule has 0 aliphatic rings. The van der Waals surface area contributed by atoms with E-state index in [0.29, 0.717) is 18.4 Å². The highest BCUT2D eigenvalue weighted by Crippen LogP contribution is 2.23. The second-order valence-electron chi connectivity index (χ2n) is 7.02. The molecule has 0 heterocycles. The standard InChI is InChI=1S/C18H30F4O4/c1-13(2)6-4-7-14(3)10-11-25-15(23)8-5-9-16(24)26-12-18(21,22)17(19)20/h13-14,17H,4-12H2,1-3H3. The Morgan fingerprint density at radius 3 is 2.00 bits per heavy atom. The number of hydrogen-bond acceptors (Lipinski definition) is 4. The number of alkyl halides is 4. The number of hydrogen-bond donors (Lipinski definition) is 0. The molecule has 0 aromatic heterocycles. The van der Waals surface area contributed by atoms with Gasteiger partial charge in [0, 0.05) is 12.8 Å². The van der Waals surface area contributed by atoms with Gasteiger partial charge in [-0.25, -0.2) is 8.78 Å². The van der Waals surface area contributed by atoms with Crippen molar-refractivity contribution in [2.24, 2.45) is 11.8 Å². The SMILES string of the molecule is CC(C)CCCC(C)CCOC(=O)CCCC(=O)OCC(F)(F)C(F)F. The van der Waals surface area contributed by atoms with E-state index in [-0.39, 0.29) is 19.3 Å². The summed E-state index contributed by atoms with van der Waals surface area (Å²) in [5, 5.41) is 0. The zero-order valence-corrected chi connectivity index (χ0v) is 15.7. The minimum Gasteiger partial charge on any atom is -0.466 e. The average molecular weight is 386 g/mol. The van der Waals surface area contributed by atoms with E-state index in [1.54, 1.807) is 0 Å². The Kier molecular flexibility index (Phi) is 12.3. The number of esters is 2. The lowest BCUT2D eigenvalue weighted by Crippen LogP contribution is -2.33. The summed E-state index contributed by atoms with van der Waals surface area (Å²) in [6.45, 7) is 5.08. The van der Waals surface area contributed by atoms with Crippen LogP contribution in [0.5, 0.6) is 0 Å². The molecule has 4 nitrogen and oxygen atoms in total. The van der Waals surface area contributed by atoms with Crippen LogP contribution < -0.4 is 0 Å². The van der Waals surface area contributed by atoms with E-state index in [9.17, 15) is 27.2 Å². The zero-order chi connectivity index (χ0) is 20.2. The Morgan fingerprint density at radius 2 is 1.46 bits per heavy atom. The van der Waals surface area contributed by atoms with E-state index in [1.807, 2.05) is 0 Å². The smallest absolute Gasteiger partial charge is 0.340 e. The maximum atomic E-state index is 12.6. The lowest BCUT2D eigenvalue weighted by atomic mass is 9.98. The highest BCUT2D eigenvalue weighted by atomic mass is 19.3. The molecule has 1 atom stereocenters. The van der Waals surface area contributed by atoms with Gasteiger partial charge in [-0.2, -0.15) is 8.78 Å². The number of carbonyl (C=O) groups excluding carboxylic acids is 2. The van der Waals surface area contributed by atoms with Crippen LogP contribution in [0.2, 0.25) is 0 Å². The number of halogens is 4. The lowest BCUT2D eigenvalue weighted by molar-refractivity contribution is -0.179. The van der Waals surface area contributed by atoms with Gasteiger partial charge in [0.2, 0.25) is 0 Å². The van der Waals surface area contributed by atoms with Crippen molar-refractivity contribution < 1.29 is 36.6 Å². The van der Waals surface area contributed by atoms with E-state index >= 15 is 0 Å². The topological polar surface area (TPSA) is 52.6 Å². The Labute approximate surface area is 152 Å².